The van der Waals surface area contributed by atoms with Gasteiger partial charge in [0.25, 0.3) is 0 Å². The first-order valence-electron chi connectivity index (χ1n) is 5.57. The van der Waals surface area contributed by atoms with E-state index in [-0.39, 0.29) is 18.0 Å². The molecule has 114 valence electrons. The first-order chi connectivity index (χ1) is 8.69. The minimum absolute atomic E-state index is 0. The molecule has 2 atom stereocenters. The summed E-state index contributed by atoms with van der Waals surface area (Å²) in [6, 6.07) is 2.28. The van der Waals surface area contributed by atoms with E-state index < -0.39 is 36.4 Å². The quantitative estimate of drug-likeness (QED) is 0.840. The Morgan fingerprint density at radius 1 is 1.30 bits per heavy atom. The highest BCUT2D eigenvalue weighted by Gasteiger charge is 2.33. The van der Waals surface area contributed by atoms with E-state index in [2.05, 4.69) is 5.32 Å². The Balaban J connectivity index is 0.00000361. The van der Waals surface area contributed by atoms with Crippen LogP contribution in [0.5, 0.6) is 0 Å². The van der Waals surface area contributed by atoms with Gasteiger partial charge in [0.05, 0.1) is 18.5 Å². The van der Waals surface area contributed by atoms with E-state index in [0.29, 0.717) is 0 Å². The van der Waals surface area contributed by atoms with Gasteiger partial charge >= 0.3 is 6.18 Å². The minimum Gasteiger partial charge on any atom is -0.348 e. The Kier molecular flexibility index (Phi) is 6.95. The van der Waals surface area contributed by atoms with Gasteiger partial charge in [-0.05, 0) is 24.6 Å². The molecule has 8 heteroatoms. The summed E-state index contributed by atoms with van der Waals surface area (Å²) in [5, 5.41) is 2.20. The molecule has 2 unspecified atom stereocenters. The summed E-state index contributed by atoms with van der Waals surface area (Å²) in [6.45, 7) is 1.37. The van der Waals surface area contributed by atoms with Gasteiger partial charge < -0.3 is 11.1 Å². The summed E-state index contributed by atoms with van der Waals surface area (Å²) < 4.78 is 50.1. The Morgan fingerprint density at radius 3 is 2.20 bits per heavy atom. The number of hydrogen-bond acceptors (Lipinski definition) is 2. The zero-order valence-electron chi connectivity index (χ0n) is 10.6. The molecule has 3 N–H and O–H groups in total. The number of carbonyl (C=O) groups is 1. The number of benzene rings is 1. The van der Waals surface area contributed by atoms with Gasteiger partial charge in [-0.15, -0.1) is 12.4 Å². The predicted molar refractivity (Wildman–Crippen MR) is 68.9 cm³/mol. The van der Waals surface area contributed by atoms with Crippen LogP contribution in [0.15, 0.2) is 24.3 Å². The van der Waals surface area contributed by atoms with Crippen LogP contribution in [0.1, 0.15) is 24.9 Å². The Labute approximate surface area is 119 Å². The van der Waals surface area contributed by atoms with Crippen LogP contribution in [0.3, 0.4) is 0 Å². The molecule has 0 spiro atoms. The third-order valence-electron chi connectivity index (χ3n) is 2.44. The molecule has 0 saturated carbocycles. The normalized spacial score (nSPS) is 14.1. The number of hydrogen-bond donors (Lipinski definition) is 2. The first-order valence-corrected chi connectivity index (χ1v) is 5.57. The van der Waals surface area contributed by atoms with Crippen molar-refractivity contribution >= 4 is 18.3 Å². The van der Waals surface area contributed by atoms with Gasteiger partial charge in [0.1, 0.15) is 5.82 Å². The fourth-order valence-electron chi connectivity index (χ4n) is 1.48. The van der Waals surface area contributed by atoms with Crippen molar-refractivity contribution in [3.8, 4) is 0 Å². The molecular formula is C12H15ClF4N2O. The third kappa shape index (κ3) is 6.21. The Morgan fingerprint density at radius 2 is 1.80 bits per heavy atom. The summed E-state index contributed by atoms with van der Waals surface area (Å²) in [6.07, 6.45) is -5.69. The molecule has 0 radical (unpaired) electrons. The lowest BCUT2D eigenvalue weighted by atomic mass is 10.0. The first kappa shape index (κ1) is 18.7. The lowest BCUT2D eigenvalue weighted by molar-refractivity contribution is -0.143. The second-order valence-electron chi connectivity index (χ2n) is 4.22. The highest BCUT2D eigenvalue weighted by Crippen LogP contribution is 2.29. The summed E-state index contributed by atoms with van der Waals surface area (Å²) in [7, 11) is 0. The maximum atomic E-state index is 12.7. The second kappa shape index (κ2) is 7.44. The van der Waals surface area contributed by atoms with Crippen LogP contribution in [-0.2, 0) is 4.79 Å². The molecule has 3 nitrogen and oxygen atoms in total. The predicted octanol–water partition coefficient (Wildman–Crippen LogP) is 2.70. The van der Waals surface area contributed by atoms with Crippen molar-refractivity contribution in [1.82, 2.24) is 5.32 Å². The van der Waals surface area contributed by atoms with E-state index in [9.17, 15) is 22.4 Å². The van der Waals surface area contributed by atoms with Crippen LogP contribution in [0, 0.1) is 5.82 Å². The average molecular weight is 315 g/mol. The van der Waals surface area contributed by atoms with Gasteiger partial charge in [-0.3, -0.25) is 4.79 Å². The summed E-state index contributed by atoms with van der Waals surface area (Å²) in [5.74, 6) is -1.26. The van der Waals surface area contributed by atoms with Gasteiger partial charge in [0.2, 0.25) is 5.91 Å². The number of nitrogens with one attached hydrogen (secondary N) is 1. The van der Waals surface area contributed by atoms with Gasteiger partial charge in [-0.1, -0.05) is 12.1 Å². The minimum atomic E-state index is -4.45. The van der Waals surface area contributed by atoms with Gasteiger partial charge in [0, 0.05) is 0 Å². The van der Waals surface area contributed by atoms with Crippen molar-refractivity contribution in [3.63, 3.8) is 0 Å². The van der Waals surface area contributed by atoms with Crippen molar-refractivity contribution in [2.75, 3.05) is 0 Å². The van der Waals surface area contributed by atoms with Crippen molar-refractivity contribution < 1.29 is 22.4 Å². The summed E-state index contributed by atoms with van der Waals surface area (Å²) in [5.41, 5.74) is 5.47. The van der Waals surface area contributed by atoms with Crippen LogP contribution in [0.4, 0.5) is 17.6 Å². The third-order valence-corrected chi connectivity index (χ3v) is 2.44. The van der Waals surface area contributed by atoms with Gasteiger partial charge in [0.15, 0.2) is 0 Å². The standard InChI is InChI=1S/C12H14F4N2O.ClH/c1-7(17)11(19)18-10(6-12(14,15)16)8-2-4-9(13)5-3-8;/h2-5,7,10H,6,17H2,1H3,(H,18,19);1H. The highest BCUT2D eigenvalue weighted by molar-refractivity contribution is 5.85. The number of nitrogens with two attached hydrogens (primary N) is 1. The SMILES string of the molecule is CC(N)C(=O)NC(CC(F)(F)F)c1ccc(F)cc1.Cl. The lowest BCUT2D eigenvalue weighted by Gasteiger charge is -2.21. The van der Waals surface area contributed by atoms with E-state index in [1.165, 1.54) is 19.1 Å². The zero-order valence-corrected chi connectivity index (χ0v) is 11.4. The van der Waals surface area contributed by atoms with Crippen LogP contribution in [0.2, 0.25) is 0 Å². The molecule has 1 aromatic carbocycles. The number of halogens is 5. The van der Waals surface area contributed by atoms with Crippen LogP contribution in [0.25, 0.3) is 0 Å². The number of carbonyl (C=O) groups excluding carboxylic acids is 1. The molecule has 1 aromatic rings. The van der Waals surface area contributed by atoms with E-state index in [4.69, 9.17) is 5.73 Å². The smallest absolute Gasteiger partial charge is 0.348 e. The maximum Gasteiger partial charge on any atom is 0.391 e. The molecule has 0 aliphatic heterocycles. The highest BCUT2D eigenvalue weighted by atomic mass is 35.5. The van der Waals surface area contributed by atoms with Gasteiger partial charge in [-0.2, -0.15) is 13.2 Å². The molecule has 0 aliphatic carbocycles. The van der Waals surface area contributed by atoms with Crippen molar-refractivity contribution in [2.45, 2.75) is 31.6 Å². The van der Waals surface area contributed by atoms with E-state index in [0.717, 1.165) is 12.1 Å². The number of amides is 1. The van der Waals surface area contributed by atoms with E-state index in [1.54, 1.807) is 0 Å². The Hall–Kier alpha value is -1.34. The van der Waals surface area contributed by atoms with Crippen LogP contribution >= 0.6 is 12.4 Å². The summed E-state index contributed by atoms with van der Waals surface area (Å²) in [4.78, 5) is 11.4. The molecule has 0 saturated heterocycles. The van der Waals surface area contributed by atoms with Crippen LogP contribution in [-0.4, -0.2) is 18.1 Å². The number of rotatable bonds is 4. The summed E-state index contributed by atoms with van der Waals surface area (Å²) >= 11 is 0. The Bertz CT molecular complexity index is 434. The van der Waals surface area contributed by atoms with Gasteiger partial charge in [-0.25, -0.2) is 4.39 Å². The average Bonchev–Trinajstić information content (AvgIpc) is 2.27. The van der Waals surface area contributed by atoms with Crippen molar-refractivity contribution in [2.24, 2.45) is 5.73 Å². The molecule has 0 aromatic heterocycles. The molecule has 20 heavy (non-hydrogen) atoms. The van der Waals surface area contributed by atoms with Crippen LogP contribution < -0.4 is 11.1 Å². The molecule has 0 aliphatic rings. The van der Waals surface area contributed by atoms with E-state index in [1.807, 2.05) is 0 Å². The van der Waals surface area contributed by atoms with E-state index >= 15 is 0 Å². The molecular weight excluding hydrogens is 300 g/mol. The van der Waals surface area contributed by atoms with Crippen molar-refractivity contribution in [3.05, 3.63) is 35.6 Å². The molecule has 1 amide bonds. The largest absolute Gasteiger partial charge is 0.391 e. The second-order valence-corrected chi connectivity index (χ2v) is 4.22. The molecule has 0 heterocycles. The molecule has 0 fully saturated rings. The monoisotopic (exact) mass is 314 g/mol. The molecule has 0 bridgehead atoms. The van der Waals surface area contributed by atoms with Crippen molar-refractivity contribution in [1.29, 1.82) is 0 Å². The zero-order chi connectivity index (χ0) is 14.6. The fourth-order valence-corrected chi connectivity index (χ4v) is 1.48. The lowest BCUT2D eigenvalue weighted by Crippen LogP contribution is -2.41. The topological polar surface area (TPSA) is 55.1 Å². The number of alkyl halides is 3. The molecule has 1 rings (SSSR count). The maximum absolute atomic E-state index is 12.7. The fraction of sp³-hybridized carbons (Fsp3) is 0.417.